The molecule has 9 unspecified atom stereocenters. The number of carbonyl (C=O) groups is 1. The lowest BCUT2D eigenvalue weighted by Crippen LogP contribution is -2.60. The zero-order chi connectivity index (χ0) is 51.8. The average Bonchev–Trinajstić information content (AvgIpc) is 3.37. The van der Waals surface area contributed by atoms with Gasteiger partial charge in [0.1, 0.15) is 36.6 Å². The number of ether oxygens (including phenoxy) is 2. The fraction of sp³-hybridized carbons (Fsp3) is 0.917. The lowest BCUT2D eigenvalue weighted by molar-refractivity contribution is -0.303. The highest BCUT2D eigenvalue weighted by Crippen LogP contribution is 2.24. The molecule has 11 nitrogen and oxygen atoms in total. The summed E-state index contributed by atoms with van der Waals surface area (Å²) in [6, 6.07) is -1.17. The molecule has 0 aliphatic carbocycles. The number of carbonyl (C=O) groups excluding carboxylic acids is 1. The van der Waals surface area contributed by atoms with Crippen LogP contribution in [0.5, 0.6) is 0 Å². The number of nitrogens with one attached hydrogen (secondary N) is 1. The van der Waals surface area contributed by atoms with E-state index in [1.807, 2.05) is 0 Å². The Labute approximate surface area is 435 Å². The molecule has 0 saturated carbocycles. The van der Waals surface area contributed by atoms with Crippen molar-refractivity contribution in [3.8, 4) is 0 Å². The molecule has 0 bridgehead atoms. The van der Waals surface area contributed by atoms with Gasteiger partial charge in [-0.25, -0.2) is 0 Å². The van der Waals surface area contributed by atoms with Crippen LogP contribution in [0.15, 0.2) is 24.3 Å². The van der Waals surface area contributed by atoms with Gasteiger partial charge in [-0.3, -0.25) is 4.79 Å². The molecule has 9 atom stereocenters. The van der Waals surface area contributed by atoms with E-state index in [2.05, 4.69) is 43.5 Å². The van der Waals surface area contributed by atoms with Gasteiger partial charge in [-0.05, 0) is 44.9 Å². The molecule has 1 rings (SSSR count). The smallest absolute Gasteiger partial charge is 0.249 e. The summed E-state index contributed by atoms with van der Waals surface area (Å²) in [5, 5.41) is 76.2. The van der Waals surface area contributed by atoms with Gasteiger partial charge in [0.15, 0.2) is 6.29 Å². The van der Waals surface area contributed by atoms with Gasteiger partial charge in [0.05, 0.1) is 25.4 Å². The van der Waals surface area contributed by atoms with Crippen LogP contribution in [0.1, 0.15) is 284 Å². The normalized spacial score (nSPS) is 20.3. The molecule has 420 valence electrons. The predicted octanol–water partition coefficient (Wildman–Crippen LogP) is 12.9. The van der Waals surface area contributed by atoms with Crippen molar-refractivity contribution in [1.82, 2.24) is 5.32 Å². The van der Waals surface area contributed by atoms with Crippen molar-refractivity contribution in [3.63, 3.8) is 0 Å². The Morgan fingerprint density at radius 3 is 1.25 bits per heavy atom. The van der Waals surface area contributed by atoms with Gasteiger partial charge >= 0.3 is 0 Å². The number of unbranched alkanes of at least 4 members (excludes halogenated alkanes) is 36. The molecule has 0 aromatic carbocycles. The van der Waals surface area contributed by atoms with Gasteiger partial charge in [0, 0.05) is 0 Å². The highest BCUT2D eigenvalue weighted by molar-refractivity contribution is 5.80. The van der Waals surface area contributed by atoms with Crippen LogP contribution < -0.4 is 5.32 Å². The predicted molar refractivity (Wildman–Crippen MR) is 293 cm³/mol. The number of hydrogen-bond donors (Lipinski definition) is 8. The number of amides is 1. The first-order valence-electron chi connectivity index (χ1n) is 30.2. The molecule has 1 fully saturated rings. The first-order valence-corrected chi connectivity index (χ1v) is 30.2. The van der Waals surface area contributed by atoms with E-state index in [0.29, 0.717) is 19.3 Å². The minimum atomic E-state index is -1.66. The van der Waals surface area contributed by atoms with Gasteiger partial charge in [-0.2, -0.15) is 0 Å². The summed E-state index contributed by atoms with van der Waals surface area (Å²) in [5.41, 5.74) is 0. The van der Waals surface area contributed by atoms with Crippen molar-refractivity contribution in [2.45, 2.75) is 339 Å². The molecule has 1 aliphatic rings. The Bertz CT molecular complexity index is 1200. The van der Waals surface area contributed by atoms with Crippen LogP contribution in [-0.2, 0) is 14.3 Å². The van der Waals surface area contributed by atoms with E-state index < -0.39 is 74.2 Å². The SMILES string of the molecule is CCCCCCCCCCC/C=C\C/C=C\CCCCCCCCCCCCCCC(O)C(=O)NC(COC1OC(CO)C(O)C(O)C1O)C(O)C(O)CCCCCCCCCCCCCCCCCC. The summed E-state index contributed by atoms with van der Waals surface area (Å²) in [6.07, 6.45) is 48.0. The van der Waals surface area contributed by atoms with Crippen molar-refractivity contribution < 1.29 is 50.0 Å². The molecule has 8 N–H and O–H groups in total. The van der Waals surface area contributed by atoms with E-state index in [1.54, 1.807) is 0 Å². The number of aliphatic hydroxyl groups excluding tert-OH is 7. The highest BCUT2D eigenvalue weighted by Gasteiger charge is 2.44. The second kappa shape index (κ2) is 49.5. The zero-order valence-corrected chi connectivity index (χ0v) is 46.0. The van der Waals surface area contributed by atoms with E-state index in [-0.39, 0.29) is 6.42 Å². The highest BCUT2D eigenvalue weighted by atomic mass is 16.7. The Balaban J connectivity index is 2.26. The van der Waals surface area contributed by atoms with Crippen LogP contribution in [0.4, 0.5) is 0 Å². The van der Waals surface area contributed by atoms with Crippen molar-refractivity contribution in [3.05, 3.63) is 24.3 Å². The van der Waals surface area contributed by atoms with E-state index in [1.165, 1.54) is 199 Å². The summed E-state index contributed by atoms with van der Waals surface area (Å²) in [7, 11) is 0. The molecular formula is C60H115NO10. The minimum absolute atomic E-state index is 0.260. The fourth-order valence-electron chi connectivity index (χ4n) is 9.83. The number of rotatable bonds is 52. The Kier molecular flexibility index (Phi) is 47.1. The Hall–Kier alpha value is -1.41. The van der Waals surface area contributed by atoms with Crippen molar-refractivity contribution in [2.75, 3.05) is 13.2 Å². The van der Waals surface area contributed by atoms with Crippen molar-refractivity contribution >= 4 is 5.91 Å². The molecule has 0 radical (unpaired) electrons. The number of allylic oxidation sites excluding steroid dienone is 4. The monoisotopic (exact) mass is 1010 g/mol. The topological polar surface area (TPSA) is 189 Å². The van der Waals surface area contributed by atoms with E-state index in [4.69, 9.17) is 9.47 Å². The maximum Gasteiger partial charge on any atom is 0.249 e. The molecule has 1 saturated heterocycles. The third-order valence-electron chi connectivity index (χ3n) is 14.8. The first-order chi connectivity index (χ1) is 34.7. The molecule has 0 aromatic rings. The molecule has 0 spiro atoms. The molecule has 71 heavy (non-hydrogen) atoms. The molecule has 1 heterocycles. The second-order valence-electron chi connectivity index (χ2n) is 21.4. The maximum atomic E-state index is 13.2. The molecular weight excluding hydrogens is 895 g/mol. The average molecular weight is 1010 g/mol. The van der Waals surface area contributed by atoms with Gasteiger partial charge in [-0.1, -0.05) is 263 Å². The van der Waals surface area contributed by atoms with Crippen LogP contribution in [0.3, 0.4) is 0 Å². The summed E-state index contributed by atoms with van der Waals surface area (Å²) in [6.45, 7) is 3.48. The summed E-state index contributed by atoms with van der Waals surface area (Å²) >= 11 is 0. The summed E-state index contributed by atoms with van der Waals surface area (Å²) < 4.78 is 11.2. The summed E-state index contributed by atoms with van der Waals surface area (Å²) in [4.78, 5) is 13.2. The fourth-order valence-corrected chi connectivity index (χ4v) is 9.83. The van der Waals surface area contributed by atoms with Gasteiger partial charge in [0.2, 0.25) is 5.91 Å². The van der Waals surface area contributed by atoms with Gasteiger partial charge in [0.25, 0.3) is 0 Å². The lowest BCUT2D eigenvalue weighted by Gasteiger charge is -2.40. The Morgan fingerprint density at radius 1 is 0.493 bits per heavy atom. The van der Waals surface area contributed by atoms with Crippen molar-refractivity contribution in [1.29, 1.82) is 0 Å². The molecule has 1 aliphatic heterocycles. The van der Waals surface area contributed by atoms with Crippen LogP contribution >= 0.6 is 0 Å². The molecule has 0 aromatic heterocycles. The van der Waals surface area contributed by atoms with E-state index in [9.17, 15) is 40.5 Å². The largest absolute Gasteiger partial charge is 0.394 e. The third kappa shape index (κ3) is 37.9. The maximum absolute atomic E-state index is 13.2. The second-order valence-corrected chi connectivity index (χ2v) is 21.4. The lowest BCUT2D eigenvalue weighted by atomic mass is 9.98. The van der Waals surface area contributed by atoms with Crippen LogP contribution in [0.2, 0.25) is 0 Å². The van der Waals surface area contributed by atoms with Crippen LogP contribution in [0.25, 0.3) is 0 Å². The number of aliphatic hydroxyl groups is 7. The van der Waals surface area contributed by atoms with Gasteiger partial charge < -0.3 is 50.5 Å². The Morgan fingerprint density at radius 2 is 0.859 bits per heavy atom. The quantitative estimate of drug-likeness (QED) is 0.0215. The van der Waals surface area contributed by atoms with Crippen LogP contribution in [0, 0.1) is 0 Å². The summed E-state index contributed by atoms with van der Waals surface area (Å²) in [5.74, 6) is -0.694. The zero-order valence-electron chi connectivity index (χ0n) is 46.0. The van der Waals surface area contributed by atoms with E-state index in [0.717, 1.165) is 44.9 Å². The van der Waals surface area contributed by atoms with E-state index >= 15 is 0 Å². The van der Waals surface area contributed by atoms with Gasteiger partial charge in [-0.15, -0.1) is 0 Å². The van der Waals surface area contributed by atoms with Crippen molar-refractivity contribution in [2.24, 2.45) is 0 Å². The molecule has 1 amide bonds. The number of hydrogen-bond acceptors (Lipinski definition) is 10. The third-order valence-corrected chi connectivity index (χ3v) is 14.8. The molecule has 11 heteroatoms. The first kappa shape index (κ1) is 67.6. The van der Waals surface area contributed by atoms with Crippen LogP contribution in [-0.4, -0.2) is 110 Å². The standard InChI is InChI=1S/C60H115NO10/c1-3-5-7-9-11-13-15-17-19-21-22-23-24-25-26-27-28-29-30-31-32-34-36-38-40-42-44-46-48-53(64)59(69)61-51(50-70-60-58(68)57(67)56(66)54(49-62)71-60)55(65)52(63)47-45-43-41-39-37-35-33-20-18-16-14-12-10-8-6-4-2/h22-23,25-26,51-58,60,62-68H,3-21,24,27-50H2,1-2H3,(H,61,69)/b23-22-,26-25-. The minimum Gasteiger partial charge on any atom is -0.394 e.